The Kier molecular flexibility index (Phi) is 7.73. The van der Waals surface area contributed by atoms with Crippen LogP contribution in [0.4, 0.5) is 0 Å². The van der Waals surface area contributed by atoms with Gasteiger partial charge in [-0.1, -0.05) is 32.8 Å². The molecule has 2 atom stereocenters. The quantitative estimate of drug-likeness (QED) is 0.302. The molecule has 1 saturated carbocycles. The average molecular weight is 339 g/mol. The van der Waals surface area contributed by atoms with Crippen molar-refractivity contribution in [3.8, 4) is 0 Å². The standard InChI is InChI=1S/C20H38O2Si/c1-16(2)14-17-11-12-18(19(21)15-17)10-8-9-13-22-23(6,7)20(3,4)5/h17-18H,1,8-15H2,2-7H3. The predicted octanol–water partition coefficient (Wildman–Crippen LogP) is 6.13. The Hall–Kier alpha value is -0.413. The Morgan fingerprint density at radius 2 is 1.91 bits per heavy atom. The first-order chi connectivity index (χ1) is 10.5. The van der Waals surface area contributed by atoms with E-state index in [2.05, 4.69) is 47.4 Å². The van der Waals surface area contributed by atoms with Crippen molar-refractivity contribution >= 4 is 14.1 Å². The molecule has 23 heavy (non-hydrogen) atoms. The van der Waals surface area contributed by atoms with Crippen molar-refractivity contribution < 1.29 is 9.22 Å². The van der Waals surface area contributed by atoms with Crippen LogP contribution in [0.15, 0.2) is 12.2 Å². The Morgan fingerprint density at radius 1 is 1.26 bits per heavy atom. The maximum atomic E-state index is 12.3. The van der Waals surface area contributed by atoms with E-state index < -0.39 is 8.32 Å². The van der Waals surface area contributed by atoms with Gasteiger partial charge in [0.25, 0.3) is 0 Å². The van der Waals surface area contributed by atoms with Crippen molar-refractivity contribution in [2.24, 2.45) is 11.8 Å². The molecule has 1 fully saturated rings. The molecule has 0 radical (unpaired) electrons. The van der Waals surface area contributed by atoms with Crippen LogP contribution in [-0.2, 0) is 9.22 Å². The van der Waals surface area contributed by atoms with E-state index in [-0.39, 0.29) is 5.04 Å². The highest BCUT2D eigenvalue weighted by atomic mass is 28.4. The maximum Gasteiger partial charge on any atom is 0.191 e. The van der Waals surface area contributed by atoms with E-state index in [1.54, 1.807) is 0 Å². The molecule has 3 heteroatoms. The minimum absolute atomic E-state index is 0.282. The Balaban J connectivity index is 2.22. The van der Waals surface area contributed by atoms with Gasteiger partial charge in [-0.3, -0.25) is 4.79 Å². The lowest BCUT2D eigenvalue weighted by Crippen LogP contribution is -2.40. The van der Waals surface area contributed by atoms with E-state index in [1.165, 1.54) is 12.0 Å². The summed E-state index contributed by atoms with van der Waals surface area (Å²) < 4.78 is 6.22. The first-order valence-electron chi connectivity index (χ1n) is 9.34. The van der Waals surface area contributed by atoms with E-state index in [0.29, 0.717) is 17.6 Å². The SMILES string of the molecule is C=C(C)CC1CCC(CCCCO[Si](C)(C)C(C)(C)C)C(=O)C1. The summed E-state index contributed by atoms with van der Waals surface area (Å²) in [6, 6.07) is 0. The molecular weight excluding hydrogens is 300 g/mol. The topological polar surface area (TPSA) is 26.3 Å². The highest BCUT2D eigenvalue weighted by Gasteiger charge is 2.36. The first-order valence-corrected chi connectivity index (χ1v) is 12.2. The summed E-state index contributed by atoms with van der Waals surface area (Å²) in [6.07, 6.45) is 7.35. The third kappa shape index (κ3) is 6.92. The summed E-state index contributed by atoms with van der Waals surface area (Å²) >= 11 is 0. The molecule has 0 saturated heterocycles. The molecule has 1 aliphatic rings. The van der Waals surface area contributed by atoms with Gasteiger partial charge in [0, 0.05) is 18.9 Å². The van der Waals surface area contributed by atoms with E-state index in [9.17, 15) is 4.79 Å². The molecule has 1 rings (SSSR count). The monoisotopic (exact) mass is 338 g/mol. The fourth-order valence-corrected chi connectivity index (χ4v) is 4.25. The van der Waals surface area contributed by atoms with Gasteiger partial charge in [0.05, 0.1) is 0 Å². The zero-order valence-corrected chi connectivity index (χ0v) is 17.3. The summed E-state index contributed by atoms with van der Waals surface area (Å²) in [5.41, 5.74) is 1.21. The Morgan fingerprint density at radius 3 is 2.43 bits per heavy atom. The molecule has 2 unspecified atom stereocenters. The largest absolute Gasteiger partial charge is 0.417 e. The molecule has 0 aliphatic heterocycles. The van der Waals surface area contributed by atoms with Gasteiger partial charge < -0.3 is 4.43 Å². The van der Waals surface area contributed by atoms with Crippen LogP contribution in [0.3, 0.4) is 0 Å². The Bertz CT molecular complexity index is 406. The number of allylic oxidation sites excluding steroid dienone is 1. The fourth-order valence-electron chi connectivity index (χ4n) is 3.16. The third-order valence-electron chi connectivity index (χ3n) is 5.72. The minimum Gasteiger partial charge on any atom is -0.417 e. The van der Waals surface area contributed by atoms with E-state index in [4.69, 9.17) is 4.43 Å². The fraction of sp³-hybridized carbons (Fsp3) is 0.850. The lowest BCUT2D eigenvalue weighted by molar-refractivity contribution is -0.126. The number of ketones is 1. The number of carbonyl (C=O) groups is 1. The van der Waals surface area contributed by atoms with Crippen LogP contribution in [0.1, 0.15) is 72.6 Å². The van der Waals surface area contributed by atoms with Gasteiger partial charge in [-0.15, -0.1) is 6.58 Å². The summed E-state index contributed by atoms with van der Waals surface area (Å²) in [7, 11) is -1.61. The summed E-state index contributed by atoms with van der Waals surface area (Å²) in [5.74, 6) is 1.36. The molecule has 0 aromatic rings. The molecule has 0 bridgehead atoms. The first kappa shape index (κ1) is 20.6. The van der Waals surface area contributed by atoms with Crippen molar-refractivity contribution in [3.05, 3.63) is 12.2 Å². The van der Waals surface area contributed by atoms with Gasteiger partial charge in [0.15, 0.2) is 8.32 Å². The molecule has 1 aliphatic carbocycles. The number of carbonyl (C=O) groups excluding carboxylic acids is 1. The summed E-state index contributed by atoms with van der Waals surface area (Å²) in [5, 5.41) is 0.282. The molecule has 0 aromatic carbocycles. The van der Waals surface area contributed by atoms with E-state index in [0.717, 1.165) is 45.1 Å². The van der Waals surface area contributed by atoms with Crippen LogP contribution >= 0.6 is 0 Å². The number of unbranched alkanes of at least 4 members (excludes halogenated alkanes) is 1. The van der Waals surface area contributed by atoms with Crippen molar-refractivity contribution in [2.45, 2.75) is 90.8 Å². The molecule has 0 aromatic heterocycles. The molecular formula is C20H38O2Si. The molecule has 0 spiro atoms. The molecule has 0 heterocycles. The van der Waals surface area contributed by atoms with Gasteiger partial charge >= 0.3 is 0 Å². The Labute approximate surface area is 145 Å². The van der Waals surface area contributed by atoms with Crippen LogP contribution in [0.2, 0.25) is 18.1 Å². The van der Waals surface area contributed by atoms with Gasteiger partial charge in [-0.2, -0.15) is 0 Å². The highest BCUT2D eigenvalue weighted by molar-refractivity contribution is 6.74. The van der Waals surface area contributed by atoms with Crippen LogP contribution in [0.25, 0.3) is 0 Å². The molecule has 134 valence electrons. The second-order valence-corrected chi connectivity index (χ2v) is 13.9. The smallest absolute Gasteiger partial charge is 0.191 e. The van der Waals surface area contributed by atoms with Crippen LogP contribution in [0, 0.1) is 11.8 Å². The third-order valence-corrected chi connectivity index (χ3v) is 10.3. The van der Waals surface area contributed by atoms with Gasteiger partial charge in [0.2, 0.25) is 0 Å². The van der Waals surface area contributed by atoms with Gasteiger partial charge in [-0.05, 0) is 63.1 Å². The molecule has 0 N–H and O–H groups in total. The number of hydrogen-bond acceptors (Lipinski definition) is 2. The van der Waals surface area contributed by atoms with Gasteiger partial charge in [0.1, 0.15) is 5.78 Å². The maximum absolute atomic E-state index is 12.3. The van der Waals surface area contributed by atoms with Crippen LogP contribution in [0.5, 0.6) is 0 Å². The van der Waals surface area contributed by atoms with E-state index >= 15 is 0 Å². The second-order valence-electron chi connectivity index (χ2n) is 9.08. The average Bonchev–Trinajstić information content (AvgIpc) is 2.38. The number of Topliss-reactive ketones (excluding diaryl/α,β-unsaturated/α-hetero) is 1. The van der Waals surface area contributed by atoms with Crippen LogP contribution < -0.4 is 0 Å². The predicted molar refractivity (Wildman–Crippen MR) is 102 cm³/mol. The lowest BCUT2D eigenvalue weighted by Gasteiger charge is -2.36. The van der Waals surface area contributed by atoms with Gasteiger partial charge in [-0.25, -0.2) is 0 Å². The summed E-state index contributed by atoms with van der Waals surface area (Å²) in [4.78, 5) is 12.3. The number of hydrogen-bond donors (Lipinski definition) is 0. The molecule has 2 nitrogen and oxygen atoms in total. The van der Waals surface area contributed by atoms with Crippen molar-refractivity contribution in [1.82, 2.24) is 0 Å². The van der Waals surface area contributed by atoms with Crippen LogP contribution in [-0.4, -0.2) is 20.7 Å². The zero-order valence-electron chi connectivity index (χ0n) is 16.3. The lowest BCUT2D eigenvalue weighted by atomic mass is 9.77. The second kappa shape index (κ2) is 8.62. The summed E-state index contributed by atoms with van der Waals surface area (Å²) in [6.45, 7) is 18.4. The minimum atomic E-state index is -1.61. The molecule has 0 amide bonds. The highest BCUT2D eigenvalue weighted by Crippen LogP contribution is 2.37. The van der Waals surface area contributed by atoms with Crippen molar-refractivity contribution in [1.29, 1.82) is 0 Å². The van der Waals surface area contributed by atoms with Crippen molar-refractivity contribution in [2.75, 3.05) is 6.61 Å². The van der Waals surface area contributed by atoms with Crippen molar-refractivity contribution in [3.63, 3.8) is 0 Å². The van der Waals surface area contributed by atoms with E-state index in [1.807, 2.05) is 0 Å². The number of rotatable bonds is 8. The normalized spacial score (nSPS) is 23.1. The zero-order chi connectivity index (χ0) is 17.7.